The van der Waals surface area contributed by atoms with E-state index in [1.807, 2.05) is 44.2 Å². The van der Waals surface area contributed by atoms with Gasteiger partial charge in [-0.1, -0.05) is 44.2 Å². The predicted molar refractivity (Wildman–Crippen MR) is 70.6 cm³/mol. The van der Waals surface area contributed by atoms with Gasteiger partial charge in [0.25, 0.3) is 0 Å². The number of benzene rings is 1. The lowest BCUT2D eigenvalue weighted by Crippen LogP contribution is -2.36. The normalized spacial score (nSPS) is 13.3. The van der Waals surface area contributed by atoms with Crippen LogP contribution in [-0.4, -0.2) is 35.9 Å². The van der Waals surface area contributed by atoms with E-state index in [1.165, 1.54) is 0 Å². The zero-order chi connectivity index (χ0) is 13.6. The highest BCUT2D eigenvalue weighted by Gasteiger charge is 2.21. The summed E-state index contributed by atoms with van der Waals surface area (Å²) < 4.78 is 0. The van der Waals surface area contributed by atoms with Gasteiger partial charge in [0.05, 0.1) is 5.92 Å². The molecule has 0 fully saturated rings. The fourth-order valence-electron chi connectivity index (χ4n) is 1.64. The van der Waals surface area contributed by atoms with Crippen molar-refractivity contribution in [3.63, 3.8) is 0 Å². The fraction of sp³-hybridized carbons (Fsp3) is 0.500. The molecule has 0 aliphatic rings. The minimum Gasteiger partial charge on any atom is -0.481 e. The number of carboxylic acid groups (broad SMARTS) is 1. The van der Waals surface area contributed by atoms with Crippen LogP contribution >= 0.6 is 0 Å². The summed E-state index contributed by atoms with van der Waals surface area (Å²) in [4.78, 5) is 11.2. The Hall–Kier alpha value is -1.39. The van der Waals surface area contributed by atoms with Crippen LogP contribution < -0.4 is 5.32 Å². The molecule has 0 radical (unpaired) electrons. The minimum absolute atomic E-state index is 0.0725. The molecule has 4 heteroatoms. The van der Waals surface area contributed by atoms with E-state index in [1.54, 1.807) is 0 Å². The van der Waals surface area contributed by atoms with E-state index in [-0.39, 0.29) is 12.0 Å². The van der Waals surface area contributed by atoms with Gasteiger partial charge in [0, 0.05) is 25.1 Å². The van der Waals surface area contributed by atoms with E-state index < -0.39 is 11.9 Å². The molecule has 4 nitrogen and oxygen atoms in total. The molecule has 100 valence electrons. The van der Waals surface area contributed by atoms with Crippen molar-refractivity contribution in [1.82, 2.24) is 5.32 Å². The number of hydrogen-bond donors (Lipinski definition) is 3. The Morgan fingerprint density at radius 1 is 1.33 bits per heavy atom. The number of aliphatic hydroxyl groups excluding tert-OH is 1. The highest BCUT2D eigenvalue weighted by molar-refractivity contribution is 5.76. The molecule has 1 atom stereocenters. The molecular weight excluding hydrogens is 230 g/mol. The number of rotatable bonds is 7. The largest absolute Gasteiger partial charge is 0.481 e. The van der Waals surface area contributed by atoms with E-state index in [9.17, 15) is 9.90 Å². The quantitative estimate of drug-likeness (QED) is 0.686. The molecule has 1 unspecified atom stereocenters. The number of aliphatic carboxylic acids is 1. The molecule has 0 amide bonds. The van der Waals surface area contributed by atoms with Gasteiger partial charge in [-0.15, -0.1) is 0 Å². The van der Waals surface area contributed by atoms with Crippen molar-refractivity contribution >= 4 is 5.97 Å². The van der Waals surface area contributed by atoms with Crippen molar-refractivity contribution < 1.29 is 15.0 Å². The first-order valence-corrected chi connectivity index (χ1v) is 6.05. The number of carboxylic acids is 1. The van der Waals surface area contributed by atoms with Gasteiger partial charge in [-0.3, -0.25) is 4.79 Å². The van der Waals surface area contributed by atoms with Crippen molar-refractivity contribution in [2.75, 3.05) is 19.7 Å². The Bertz CT molecular complexity index is 376. The average Bonchev–Trinajstić information content (AvgIpc) is 2.35. The Morgan fingerprint density at radius 2 is 1.94 bits per heavy atom. The molecule has 1 aromatic rings. The topological polar surface area (TPSA) is 69.6 Å². The molecule has 18 heavy (non-hydrogen) atoms. The molecule has 0 bridgehead atoms. The maximum absolute atomic E-state index is 11.2. The summed E-state index contributed by atoms with van der Waals surface area (Å²) in [5, 5.41) is 21.5. The maximum Gasteiger partial charge on any atom is 0.312 e. The van der Waals surface area contributed by atoms with E-state index >= 15 is 0 Å². The third-order valence-corrected chi connectivity index (χ3v) is 2.88. The lowest BCUT2D eigenvalue weighted by atomic mass is 9.94. The van der Waals surface area contributed by atoms with Crippen molar-refractivity contribution in [2.24, 2.45) is 5.41 Å². The molecule has 0 heterocycles. The van der Waals surface area contributed by atoms with Crippen LogP contribution in [0.1, 0.15) is 25.3 Å². The highest BCUT2D eigenvalue weighted by Crippen LogP contribution is 2.16. The number of carbonyl (C=O) groups is 1. The molecule has 0 aromatic heterocycles. The van der Waals surface area contributed by atoms with Crippen molar-refractivity contribution in [3.8, 4) is 0 Å². The summed E-state index contributed by atoms with van der Waals surface area (Å²) >= 11 is 0. The average molecular weight is 251 g/mol. The van der Waals surface area contributed by atoms with Crippen LogP contribution in [0.5, 0.6) is 0 Å². The monoisotopic (exact) mass is 251 g/mol. The molecule has 0 aliphatic heterocycles. The molecule has 0 aliphatic carbocycles. The maximum atomic E-state index is 11.2. The Morgan fingerprint density at radius 3 is 2.44 bits per heavy atom. The molecule has 1 rings (SSSR count). The van der Waals surface area contributed by atoms with Crippen LogP contribution in [0, 0.1) is 5.41 Å². The highest BCUT2D eigenvalue weighted by atomic mass is 16.4. The molecule has 1 aromatic carbocycles. The van der Waals surface area contributed by atoms with Crippen LogP contribution in [0.2, 0.25) is 0 Å². The summed E-state index contributed by atoms with van der Waals surface area (Å²) in [5.41, 5.74) is 0.555. The predicted octanol–water partition coefficient (Wildman–Crippen LogP) is 1.46. The number of hydrogen-bond acceptors (Lipinski definition) is 3. The Balaban J connectivity index is 2.58. The van der Waals surface area contributed by atoms with Gasteiger partial charge < -0.3 is 15.5 Å². The third-order valence-electron chi connectivity index (χ3n) is 2.88. The van der Waals surface area contributed by atoms with Gasteiger partial charge in [0.2, 0.25) is 0 Å². The summed E-state index contributed by atoms with van der Waals surface area (Å²) in [6, 6.07) is 9.17. The van der Waals surface area contributed by atoms with E-state index in [4.69, 9.17) is 5.11 Å². The first-order chi connectivity index (χ1) is 8.46. The van der Waals surface area contributed by atoms with Gasteiger partial charge in [-0.2, -0.15) is 0 Å². The SMILES string of the molecule is CC(C)(CO)CNCC(C(=O)O)c1ccccc1. The second-order valence-electron chi connectivity index (χ2n) is 5.25. The standard InChI is InChI=1S/C14H21NO3/c1-14(2,10-16)9-15-8-12(13(17)18)11-6-4-3-5-7-11/h3-7,12,15-16H,8-10H2,1-2H3,(H,17,18). The van der Waals surface area contributed by atoms with Gasteiger partial charge >= 0.3 is 5.97 Å². The van der Waals surface area contributed by atoms with Crippen LogP contribution in [0.15, 0.2) is 30.3 Å². The number of aliphatic hydroxyl groups is 1. The van der Waals surface area contributed by atoms with Crippen molar-refractivity contribution in [2.45, 2.75) is 19.8 Å². The summed E-state index contributed by atoms with van der Waals surface area (Å²) in [7, 11) is 0. The lowest BCUT2D eigenvalue weighted by Gasteiger charge is -2.23. The van der Waals surface area contributed by atoms with E-state index in [2.05, 4.69) is 5.32 Å². The van der Waals surface area contributed by atoms with Gasteiger partial charge in [-0.05, 0) is 5.56 Å². The third kappa shape index (κ3) is 4.47. The first-order valence-electron chi connectivity index (χ1n) is 6.05. The fourth-order valence-corrected chi connectivity index (χ4v) is 1.64. The molecule has 3 N–H and O–H groups in total. The number of nitrogens with one attached hydrogen (secondary N) is 1. The molecule has 0 saturated heterocycles. The van der Waals surface area contributed by atoms with Crippen molar-refractivity contribution in [1.29, 1.82) is 0 Å². The Kier molecular flexibility index (Phi) is 5.31. The second kappa shape index (κ2) is 6.52. The van der Waals surface area contributed by atoms with E-state index in [0.29, 0.717) is 13.1 Å². The zero-order valence-corrected chi connectivity index (χ0v) is 10.9. The zero-order valence-electron chi connectivity index (χ0n) is 10.9. The second-order valence-corrected chi connectivity index (χ2v) is 5.25. The molecule has 0 saturated carbocycles. The van der Waals surface area contributed by atoms with Crippen LogP contribution in [-0.2, 0) is 4.79 Å². The summed E-state index contributed by atoms with van der Waals surface area (Å²) in [5.74, 6) is -1.39. The summed E-state index contributed by atoms with van der Waals surface area (Å²) in [6.45, 7) is 4.88. The molecule has 0 spiro atoms. The van der Waals surface area contributed by atoms with Gasteiger partial charge in [0.1, 0.15) is 0 Å². The van der Waals surface area contributed by atoms with E-state index in [0.717, 1.165) is 5.56 Å². The lowest BCUT2D eigenvalue weighted by molar-refractivity contribution is -0.138. The minimum atomic E-state index is -0.837. The van der Waals surface area contributed by atoms with Crippen LogP contribution in [0.25, 0.3) is 0 Å². The summed E-state index contributed by atoms with van der Waals surface area (Å²) in [6.07, 6.45) is 0. The Labute approximate surface area is 108 Å². The van der Waals surface area contributed by atoms with Gasteiger partial charge in [-0.25, -0.2) is 0 Å². The van der Waals surface area contributed by atoms with Gasteiger partial charge in [0.15, 0.2) is 0 Å². The molecular formula is C14H21NO3. The smallest absolute Gasteiger partial charge is 0.312 e. The first kappa shape index (κ1) is 14.7. The van der Waals surface area contributed by atoms with Crippen molar-refractivity contribution in [3.05, 3.63) is 35.9 Å². The van der Waals surface area contributed by atoms with Crippen LogP contribution in [0.4, 0.5) is 0 Å². The van der Waals surface area contributed by atoms with Crippen LogP contribution in [0.3, 0.4) is 0 Å².